The van der Waals surface area contributed by atoms with Gasteiger partial charge < -0.3 is 10.6 Å². The zero-order valence-corrected chi connectivity index (χ0v) is 12.8. The fraction of sp³-hybridized carbons (Fsp3) is 0.500. The van der Waals surface area contributed by atoms with Gasteiger partial charge in [0.25, 0.3) is 5.91 Å². The van der Waals surface area contributed by atoms with E-state index in [0.29, 0.717) is 24.2 Å². The first kappa shape index (κ1) is 18.3. The third-order valence-corrected chi connectivity index (χ3v) is 2.86. The van der Waals surface area contributed by atoms with E-state index in [1.807, 2.05) is 13.8 Å². The van der Waals surface area contributed by atoms with Crippen molar-refractivity contribution in [1.29, 1.82) is 0 Å². The van der Waals surface area contributed by atoms with E-state index in [1.165, 1.54) is 0 Å². The first-order chi connectivity index (χ1) is 9.70. The zero-order chi connectivity index (χ0) is 15.4. The molecule has 4 heteroatoms. The lowest BCUT2D eigenvalue weighted by atomic mass is 10.1. The van der Waals surface area contributed by atoms with E-state index in [1.54, 1.807) is 36.2 Å². The summed E-state index contributed by atoms with van der Waals surface area (Å²) in [5, 5.41) is 0. The van der Waals surface area contributed by atoms with Crippen LogP contribution in [0.3, 0.4) is 0 Å². The highest BCUT2D eigenvalue weighted by atomic mass is 16.2. The molecule has 0 saturated carbocycles. The molecule has 0 bridgehead atoms. The number of hydrogen-bond donors (Lipinski definition) is 1. The van der Waals surface area contributed by atoms with Gasteiger partial charge in [-0.25, -0.2) is 0 Å². The number of nitrogens with two attached hydrogens (primary N) is 1. The summed E-state index contributed by atoms with van der Waals surface area (Å²) in [5.41, 5.74) is 6.32. The molecule has 1 amide bonds. The van der Waals surface area contributed by atoms with Gasteiger partial charge in [0.1, 0.15) is 0 Å². The monoisotopic (exact) mass is 278 g/mol. The summed E-state index contributed by atoms with van der Waals surface area (Å²) in [6, 6.07) is 6.86. The van der Waals surface area contributed by atoms with Crippen LogP contribution in [0.15, 0.2) is 24.3 Å². The van der Waals surface area contributed by atoms with Crippen LogP contribution in [0.25, 0.3) is 0 Å². The summed E-state index contributed by atoms with van der Waals surface area (Å²) in [7, 11) is 1.76. The highest BCUT2D eigenvalue weighted by Gasteiger charge is 2.14. The third kappa shape index (κ3) is 5.97. The van der Waals surface area contributed by atoms with Crippen LogP contribution in [-0.4, -0.2) is 37.2 Å². The van der Waals surface area contributed by atoms with Crippen LogP contribution >= 0.6 is 0 Å². The fourth-order valence-electron chi connectivity index (χ4n) is 1.77. The van der Waals surface area contributed by atoms with Crippen molar-refractivity contribution >= 4 is 12.2 Å². The minimum atomic E-state index is -0.106. The van der Waals surface area contributed by atoms with Crippen LogP contribution < -0.4 is 5.73 Å². The maximum Gasteiger partial charge on any atom is 0.254 e. The van der Waals surface area contributed by atoms with Crippen molar-refractivity contribution in [1.82, 2.24) is 4.90 Å². The Morgan fingerprint density at radius 2 is 1.85 bits per heavy atom. The molecule has 0 aromatic heterocycles. The molecule has 0 unspecified atom stereocenters. The van der Waals surface area contributed by atoms with Gasteiger partial charge in [-0.15, -0.1) is 0 Å². The third-order valence-electron chi connectivity index (χ3n) is 2.86. The second-order valence-corrected chi connectivity index (χ2v) is 4.28. The smallest absolute Gasteiger partial charge is 0.254 e. The van der Waals surface area contributed by atoms with Gasteiger partial charge in [0, 0.05) is 19.2 Å². The van der Waals surface area contributed by atoms with Gasteiger partial charge in [-0.2, -0.15) is 0 Å². The first-order valence-electron chi connectivity index (χ1n) is 7.20. The van der Waals surface area contributed by atoms with E-state index in [0.717, 1.165) is 25.5 Å². The Morgan fingerprint density at radius 1 is 1.20 bits per heavy atom. The molecular formula is C16H26N2O2. The number of rotatable bonds is 7. The number of hydrogen-bond acceptors (Lipinski definition) is 3. The van der Waals surface area contributed by atoms with Crippen molar-refractivity contribution < 1.29 is 9.59 Å². The van der Waals surface area contributed by atoms with E-state index in [4.69, 9.17) is 5.73 Å². The van der Waals surface area contributed by atoms with Crippen LogP contribution in [0.5, 0.6) is 0 Å². The summed E-state index contributed by atoms with van der Waals surface area (Å²) in [6.45, 7) is 5.37. The number of unbranched alkanes of at least 4 members (excludes halogenated alkanes) is 2. The Hall–Kier alpha value is -1.68. The molecule has 4 nitrogen and oxygen atoms in total. The molecule has 1 aromatic rings. The molecule has 0 radical (unpaired) electrons. The van der Waals surface area contributed by atoms with E-state index in [-0.39, 0.29) is 5.91 Å². The molecule has 1 aromatic carbocycles. The number of carbonyl (C=O) groups is 2. The minimum absolute atomic E-state index is 0.106. The average Bonchev–Trinajstić information content (AvgIpc) is 2.52. The van der Waals surface area contributed by atoms with E-state index < -0.39 is 0 Å². The van der Waals surface area contributed by atoms with Crippen molar-refractivity contribution in [3.05, 3.63) is 35.4 Å². The molecule has 0 saturated heterocycles. The number of carbonyl (C=O) groups excluding carboxylic acids is 2. The Balaban J connectivity index is 0.00000172. The van der Waals surface area contributed by atoms with Crippen molar-refractivity contribution in [3.8, 4) is 0 Å². The Morgan fingerprint density at radius 3 is 2.45 bits per heavy atom. The highest BCUT2D eigenvalue weighted by molar-refractivity contribution is 6.01. The lowest BCUT2D eigenvalue weighted by Gasteiger charge is -2.17. The van der Waals surface area contributed by atoms with Crippen molar-refractivity contribution in [2.45, 2.75) is 33.1 Å². The summed E-state index contributed by atoms with van der Waals surface area (Å²) in [6.07, 6.45) is 3.65. The Bertz CT molecular complexity index is 405. The SMILES string of the molecule is CC.CN(CCCCCN)C(=O)c1ccccc1C=O. The highest BCUT2D eigenvalue weighted by Crippen LogP contribution is 2.09. The van der Waals surface area contributed by atoms with Crippen LogP contribution in [0.4, 0.5) is 0 Å². The number of aldehydes is 1. The lowest BCUT2D eigenvalue weighted by Crippen LogP contribution is -2.28. The standard InChI is InChI=1S/C14H20N2O2.C2H6/c1-16(10-6-2-5-9-15)14(18)13-8-4-3-7-12(13)11-17;1-2/h3-4,7-8,11H,2,5-6,9-10,15H2,1H3;1-2H3. The Kier molecular flexibility index (Phi) is 10.2. The summed E-state index contributed by atoms with van der Waals surface area (Å²) in [5.74, 6) is -0.106. The van der Waals surface area contributed by atoms with Crippen LogP contribution in [0, 0.1) is 0 Å². The molecule has 0 aliphatic rings. The molecule has 2 N–H and O–H groups in total. The predicted octanol–water partition coefficient (Wildman–Crippen LogP) is 2.73. The maximum atomic E-state index is 12.1. The van der Waals surface area contributed by atoms with Crippen LogP contribution in [-0.2, 0) is 0 Å². The number of benzene rings is 1. The van der Waals surface area contributed by atoms with Gasteiger partial charge in [0.2, 0.25) is 0 Å². The average molecular weight is 278 g/mol. The van der Waals surface area contributed by atoms with E-state index in [2.05, 4.69) is 0 Å². The zero-order valence-electron chi connectivity index (χ0n) is 12.8. The minimum Gasteiger partial charge on any atom is -0.342 e. The topological polar surface area (TPSA) is 63.4 Å². The molecule has 0 heterocycles. The van der Waals surface area contributed by atoms with E-state index in [9.17, 15) is 9.59 Å². The van der Waals surface area contributed by atoms with Gasteiger partial charge in [0.05, 0.1) is 5.56 Å². The molecule has 0 aliphatic heterocycles. The second kappa shape index (κ2) is 11.2. The largest absolute Gasteiger partial charge is 0.342 e. The number of nitrogens with zero attached hydrogens (tertiary/aromatic N) is 1. The molecule has 0 fully saturated rings. The van der Waals surface area contributed by atoms with Gasteiger partial charge in [0.15, 0.2) is 6.29 Å². The molecule has 1 rings (SSSR count). The predicted molar refractivity (Wildman–Crippen MR) is 83.0 cm³/mol. The van der Waals surface area contributed by atoms with Gasteiger partial charge in [-0.05, 0) is 25.5 Å². The molecule has 112 valence electrons. The van der Waals surface area contributed by atoms with Gasteiger partial charge in [-0.1, -0.05) is 38.5 Å². The molecule has 0 aliphatic carbocycles. The van der Waals surface area contributed by atoms with Crippen LogP contribution in [0.1, 0.15) is 53.8 Å². The van der Waals surface area contributed by atoms with Gasteiger partial charge in [-0.3, -0.25) is 9.59 Å². The fourth-order valence-corrected chi connectivity index (χ4v) is 1.77. The van der Waals surface area contributed by atoms with Crippen molar-refractivity contribution in [2.24, 2.45) is 5.73 Å². The van der Waals surface area contributed by atoms with E-state index >= 15 is 0 Å². The van der Waals surface area contributed by atoms with Crippen molar-refractivity contribution in [2.75, 3.05) is 20.1 Å². The molecular weight excluding hydrogens is 252 g/mol. The summed E-state index contributed by atoms with van der Waals surface area (Å²) in [4.78, 5) is 24.7. The molecule has 20 heavy (non-hydrogen) atoms. The molecule has 0 atom stereocenters. The normalized spacial score (nSPS) is 9.40. The molecule has 0 spiro atoms. The number of amides is 1. The second-order valence-electron chi connectivity index (χ2n) is 4.28. The Labute approximate surface area is 122 Å². The first-order valence-corrected chi connectivity index (χ1v) is 7.20. The maximum absolute atomic E-state index is 12.1. The van der Waals surface area contributed by atoms with Gasteiger partial charge >= 0.3 is 0 Å². The van der Waals surface area contributed by atoms with Crippen molar-refractivity contribution in [3.63, 3.8) is 0 Å². The quantitative estimate of drug-likeness (QED) is 0.616. The summed E-state index contributed by atoms with van der Waals surface area (Å²) < 4.78 is 0. The van der Waals surface area contributed by atoms with Crippen LogP contribution in [0.2, 0.25) is 0 Å². The summed E-state index contributed by atoms with van der Waals surface area (Å²) >= 11 is 0. The lowest BCUT2D eigenvalue weighted by molar-refractivity contribution is 0.0789.